The van der Waals surface area contributed by atoms with Gasteiger partial charge >= 0.3 is 0 Å². The minimum absolute atomic E-state index is 0.122. The Labute approximate surface area is 412 Å². The molecule has 9 aromatic carbocycles. The summed E-state index contributed by atoms with van der Waals surface area (Å²) in [6.45, 7) is 4.81. The summed E-state index contributed by atoms with van der Waals surface area (Å²) in [7, 11) is 0. The van der Waals surface area contributed by atoms with Crippen LogP contribution in [0, 0.1) is 23.7 Å². The summed E-state index contributed by atoms with van der Waals surface area (Å²) in [6, 6.07) is 81.0. The van der Waals surface area contributed by atoms with Gasteiger partial charge in [0, 0.05) is 39.5 Å². The highest BCUT2D eigenvalue weighted by molar-refractivity contribution is 5.98. The van der Waals surface area contributed by atoms with E-state index in [-0.39, 0.29) is 5.41 Å². The van der Waals surface area contributed by atoms with Crippen LogP contribution in [0.2, 0.25) is 0 Å². The Morgan fingerprint density at radius 2 is 0.671 bits per heavy atom. The van der Waals surface area contributed by atoms with Gasteiger partial charge in [0.05, 0.1) is 5.41 Å². The summed E-state index contributed by atoms with van der Waals surface area (Å²) in [5.41, 5.74) is 24.0. The van der Waals surface area contributed by atoms with Crippen LogP contribution in [0.3, 0.4) is 0 Å². The lowest BCUT2D eigenvalue weighted by Crippen LogP contribution is -2.43. The highest BCUT2D eigenvalue weighted by Crippen LogP contribution is 2.65. The van der Waals surface area contributed by atoms with Crippen molar-refractivity contribution in [3.8, 4) is 33.4 Å². The van der Waals surface area contributed by atoms with Crippen LogP contribution in [0.15, 0.2) is 212 Å². The van der Waals surface area contributed by atoms with E-state index in [1.54, 1.807) is 5.56 Å². The maximum atomic E-state index is 2.57. The Morgan fingerprint density at radius 1 is 0.314 bits per heavy atom. The SMILES string of the molecule is CC1(C)c2ccccc2-c2ccc(N(c3ccc(C4C5CC6CC(C5)CC4C6)cc3)c3ccc4c(c3)C3(c5ccccc5-c5ccc(N(c6ccccc6)c6ccccc6)cc53)c3ccccc3-4)cc21. The second-order valence-corrected chi connectivity index (χ2v) is 22.1. The van der Waals surface area contributed by atoms with Crippen LogP contribution < -0.4 is 9.80 Å². The van der Waals surface area contributed by atoms with Gasteiger partial charge in [-0.1, -0.05) is 153 Å². The van der Waals surface area contributed by atoms with E-state index in [0.717, 1.165) is 40.7 Å². The van der Waals surface area contributed by atoms with Crippen LogP contribution in [0.1, 0.15) is 90.8 Å². The van der Waals surface area contributed by atoms with Crippen LogP contribution >= 0.6 is 0 Å². The predicted molar refractivity (Wildman–Crippen MR) is 289 cm³/mol. The third-order valence-corrected chi connectivity index (χ3v) is 18.2. The normalized spacial score (nSPS) is 23.0. The lowest BCUT2D eigenvalue weighted by molar-refractivity contribution is -0.00277. The molecule has 0 amide bonds. The molecule has 1 unspecified atom stereocenters. The Hall–Kier alpha value is -7.42. The summed E-state index contributed by atoms with van der Waals surface area (Å²) in [5.74, 6) is 4.32. The van der Waals surface area contributed by atoms with E-state index in [1.807, 2.05) is 0 Å². The fourth-order valence-corrected chi connectivity index (χ4v) is 15.6. The van der Waals surface area contributed by atoms with Crippen molar-refractivity contribution in [1.82, 2.24) is 0 Å². The van der Waals surface area contributed by atoms with Crippen molar-refractivity contribution in [1.29, 1.82) is 0 Å². The maximum Gasteiger partial charge on any atom is 0.0727 e. The number of rotatable bonds is 7. The molecular formula is C68H56N2. The van der Waals surface area contributed by atoms with Crippen molar-refractivity contribution in [2.75, 3.05) is 9.80 Å². The molecule has 0 saturated heterocycles. The molecule has 0 aliphatic heterocycles. The molecule has 0 heterocycles. The van der Waals surface area contributed by atoms with E-state index in [2.05, 4.69) is 236 Å². The number of nitrogens with zero attached hydrogens (tertiary/aromatic N) is 2. The van der Waals surface area contributed by atoms with Crippen LogP contribution in [0.25, 0.3) is 33.4 Å². The maximum absolute atomic E-state index is 2.57. The molecule has 1 atom stereocenters. The Balaban J connectivity index is 0.935. The van der Waals surface area contributed by atoms with Gasteiger partial charge in [0.2, 0.25) is 0 Å². The lowest BCUT2D eigenvalue weighted by Gasteiger charge is -2.54. The third kappa shape index (κ3) is 5.68. The zero-order valence-electron chi connectivity index (χ0n) is 40.0. The van der Waals surface area contributed by atoms with Gasteiger partial charge in [-0.25, -0.2) is 0 Å². The van der Waals surface area contributed by atoms with Gasteiger partial charge in [-0.05, 0) is 207 Å². The first-order valence-electron chi connectivity index (χ1n) is 26.0. The number of para-hydroxylation sites is 2. The van der Waals surface area contributed by atoms with Gasteiger partial charge in [-0.2, -0.15) is 0 Å². The fourth-order valence-electron chi connectivity index (χ4n) is 15.6. The monoisotopic (exact) mass is 900 g/mol. The van der Waals surface area contributed by atoms with Crippen molar-refractivity contribution >= 4 is 34.1 Å². The van der Waals surface area contributed by atoms with Crippen molar-refractivity contribution in [3.63, 3.8) is 0 Å². The first kappa shape index (κ1) is 40.5. The molecule has 1 spiro atoms. The number of anilines is 6. The van der Waals surface area contributed by atoms with Crippen molar-refractivity contribution in [2.24, 2.45) is 23.7 Å². The Kier molecular flexibility index (Phi) is 8.69. The van der Waals surface area contributed by atoms with Crippen LogP contribution in [-0.2, 0) is 10.8 Å². The summed E-state index contributed by atoms with van der Waals surface area (Å²) in [4.78, 5) is 4.99. The van der Waals surface area contributed by atoms with Gasteiger partial charge in [0.25, 0.3) is 0 Å². The minimum Gasteiger partial charge on any atom is -0.310 e. The molecule has 2 nitrogen and oxygen atoms in total. The number of hydrogen-bond acceptors (Lipinski definition) is 2. The van der Waals surface area contributed by atoms with Crippen LogP contribution in [0.5, 0.6) is 0 Å². The lowest BCUT2D eigenvalue weighted by atomic mass is 9.51. The van der Waals surface area contributed by atoms with Crippen molar-refractivity contribution < 1.29 is 0 Å². The molecule has 2 heteroatoms. The summed E-state index contributed by atoms with van der Waals surface area (Å²) >= 11 is 0. The quantitative estimate of drug-likeness (QED) is 0.157. The van der Waals surface area contributed by atoms with E-state index < -0.39 is 5.41 Å². The van der Waals surface area contributed by atoms with Crippen LogP contribution in [0.4, 0.5) is 34.1 Å². The zero-order chi connectivity index (χ0) is 46.3. The number of hydrogen-bond donors (Lipinski definition) is 0. The molecule has 7 aliphatic rings. The molecule has 0 N–H and O–H groups in total. The minimum atomic E-state index is -0.542. The van der Waals surface area contributed by atoms with E-state index in [4.69, 9.17) is 0 Å². The Bertz CT molecular complexity index is 3470. The highest BCUT2D eigenvalue weighted by Gasteiger charge is 2.53. The van der Waals surface area contributed by atoms with E-state index in [9.17, 15) is 0 Å². The predicted octanol–water partition coefficient (Wildman–Crippen LogP) is 17.8. The first-order valence-corrected chi connectivity index (χ1v) is 26.0. The number of benzene rings is 9. The Morgan fingerprint density at radius 3 is 1.17 bits per heavy atom. The largest absolute Gasteiger partial charge is 0.310 e. The topological polar surface area (TPSA) is 6.48 Å². The van der Waals surface area contributed by atoms with Gasteiger partial charge in [-0.3, -0.25) is 0 Å². The molecule has 70 heavy (non-hydrogen) atoms. The van der Waals surface area contributed by atoms with Gasteiger partial charge in [0.15, 0.2) is 0 Å². The standard InChI is InChI=1S/C68H56N2/c1-67(2)60-22-12-9-19-54(60)57-32-29-51(40-63(57)67)70(50-27-25-45(26-28-50)66-46-36-43-35-44(38-46)39-47(66)37-43)53-31-34-59-56-21-11-14-24-62(56)68(65(59)42-53)61-23-13-10-20-55(61)58-33-30-52(41-64(58)68)69(48-15-5-3-6-16-48)49-17-7-4-8-18-49/h3-34,40-44,46-47,66H,35-39H2,1-2H3. The van der Waals surface area contributed by atoms with Gasteiger partial charge in [0.1, 0.15) is 0 Å². The van der Waals surface area contributed by atoms with E-state index in [1.165, 1.54) is 116 Å². The molecule has 0 aromatic heterocycles. The molecule has 4 fully saturated rings. The molecule has 338 valence electrons. The fraction of sp³-hybridized carbons (Fsp3) is 0.206. The molecule has 16 rings (SSSR count). The summed E-state index contributed by atoms with van der Waals surface area (Å²) < 4.78 is 0. The van der Waals surface area contributed by atoms with Gasteiger partial charge in [-0.15, -0.1) is 0 Å². The molecule has 7 aliphatic carbocycles. The second kappa shape index (κ2) is 15.0. The van der Waals surface area contributed by atoms with E-state index >= 15 is 0 Å². The third-order valence-electron chi connectivity index (χ3n) is 18.2. The second-order valence-electron chi connectivity index (χ2n) is 22.1. The van der Waals surface area contributed by atoms with Crippen LogP contribution in [-0.4, -0.2) is 0 Å². The first-order chi connectivity index (χ1) is 34.4. The molecule has 4 bridgehead atoms. The highest BCUT2D eigenvalue weighted by atomic mass is 15.1. The zero-order valence-corrected chi connectivity index (χ0v) is 40.0. The van der Waals surface area contributed by atoms with Gasteiger partial charge < -0.3 is 9.80 Å². The summed E-state index contributed by atoms with van der Waals surface area (Å²) in [6.07, 6.45) is 7.22. The van der Waals surface area contributed by atoms with Crippen molar-refractivity contribution in [2.45, 2.75) is 62.7 Å². The smallest absolute Gasteiger partial charge is 0.0727 e. The summed E-state index contributed by atoms with van der Waals surface area (Å²) in [5, 5.41) is 0. The molecule has 0 radical (unpaired) electrons. The average Bonchev–Trinajstić information content (AvgIpc) is 3.96. The average molecular weight is 901 g/mol. The molecular weight excluding hydrogens is 845 g/mol. The molecule has 4 saturated carbocycles. The van der Waals surface area contributed by atoms with Crippen molar-refractivity contribution in [3.05, 3.63) is 251 Å². The van der Waals surface area contributed by atoms with E-state index in [0.29, 0.717) is 5.92 Å². The number of fused-ring (bicyclic) bond motifs is 13. The molecule has 9 aromatic rings.